The molecule has 0 heterocycles. The first-order chi connectivity index (χ1) is 6.61. The van der Waals surface area contributed by atoms with Gasteiger partial charge in [-0.2, -0.15) is 0 Å². The Morgan fingerprint density at radius 2 is 2.00 bits per heavy atom. The lowest BCUT2D eigenvalue weighted by Gasteiger charge is -2.14. The number of nitrogens with one attached hydrogen (secondary N) is 1. The van der Waals surface area contributed by atoms with E-state index in [0.717, 1.165) is 19.7 Å². The number of rotatable bonds is 7. The van der Waals surface area contributed by atoms with Crippen molar-refractivity contribution in [2.75, 3.05) is 26.8 Å². The van der Waals surface area contributed by atoms with Crippen LogP contribution in [0.1, 0.15) is 27.7 Å². The van der Waals surface area contributed by atoms with Crippen LogP contribution in [0.2, 0.25) is 0 Å². The lowest BCUT2D eigenvalue weighted by molar-refractivity contribution is 0.175. The molecule has 0 saturated carbocycles. The summed E-state index contributed by atoms with van der Waals surface area (Å²) in [5.74, 6) is 1.13. The Kier molecular flexibility index (Phi) is 7.81. The van der Waals surface area contributed by atoms with Crippen LogP contribution < -0.4 is 5.32 Å². The van der Waals surface area contributed by atoms with Gasteiger partial charge in [0.15, 0.2) is 0 Å². The van der Waals surface area contributed by atoms with Crippen molar-refractivity contribution in [2.24, 2.45) is 11.8 Å². The largest absolute Gasteiger partial charge is 0.384 e. The van der Waals surface area contributed by atoms with Crippen molar-refractivity contribution in [3.63, 3.8) is 0 Å². The molecule has 1 unspecified atom stereocenters. The van der Waals surface area contributed by atoms with E-state index >= 15 is 0 Å². The third kappa shape index (κ3) is 6.17. The van der Waals surface area contributed by atoms with E-state index in [0.29, 0.717) is 11.8 Å². The maximum Gasteiger partial charge on any atom is 0.0522 e. The molecule has 0 rings (SSSR count). The highest BCUT2D eigenvalue weighted by atomic mass is 16.5. The zero-order chi connectivity index (χ0) is 11.0. The zero-order valence-corrected chi connectivity index (χ0v) is 10.3. The van der Waals surface area contributed by atoms with Crippen molar-refractivity contribution in [1.29, 1.82) is 0 Å². The number of methoxy groups -OCH3 is 1. The topological polar surface area (TPSA) is 21.3 Å². The van der Waals surface area contributed by atoms with Crippen LogP contribution in [0.5, 0.6) is 0 Å². The molecule has 1 atom stereocenters. The van der Waals surface area contributed by atoms with Crippen molar-refractivity contribution in [3.8, 4) is 0 Å². The van der Waals surface area contributed by atoms with Gasteiger partial charge in [-0.1, -0.05) is 39.3 Å². The molecular weight excluding hydrogens is 174 g/mol. The second-order valence-corrected chi connectivity index (χ2v) is 4.11. The van der Waals surface area contributed by atoms with Crippen molar-refractivity contribution in [1.82, 2.24) is 5.32 Å². The van der Waals surface area contributed by atoms with Crippen LogP contribution >= 0.6 is 0 Å². The summed E-state index contributed by atoms with van der Waals surface area (Å²) in [4.78, 5) is 0. The molecule has 0 aliphatic rings. The number of likely N-dealkylation sites (N-methyl/N-ethyl adjacent to an activating group) is 1. The van der Waals surface area contributed by atoms with Crippen LogP contribution in [0.15, 0.2) is 11.6 Å². The first-order valence-corrected chi connectivity index (χ1v) is 5.52. The molecule has 0 radical (unpaired) electrons. The van der Waals surface area contributed by atoms with Crippen LogP contribution in [0.3, 0.4) is 0 Å². The van der Waals surface area contributed by atoms with Gasteiger partial charge in [-0.25, -0.2) is 0 Å². The highest BCUT2D eigenvalue weighted by Crippen LogP contribution is 2.12. The molecule has 0 aromatic rings. The van der Waals surface area contributed by atoms with E-state index in [1.54, 1.807) is 7.11 Å². The summed E-state index contributed by atoms with van der Waals surface area (Å²) in [5.41, 5.74) is 1.48. The van der Waals surface area contributed by atoms with Gasteiger partial charge in [0.2, 0.25) is 0 Å². The lowest BCUT2D eigenvalue weighted by Crippen LogP contribution is -2.19. The SMILES string of the molecule is CCNCC(=CC(C)COC)C(C)C. The molecule has 2 heteroatoms. The molecule has 1 N–H and O–H groups in total. The fourth-order valence-corrected chi connectivity index (χ4v) is 1.40. The summed E-state index contributed by atoms with van der Waals surface area (Å²) in [7, 11) is 1.75. The quantitative estimate of drug-likeness (QED) is 0.636. The average molecular weight is 199 g/mol. The molecule has 2 nitrogen and oxygen atoms in total. The van der Waals surface area contributed by atoms with E-state index in [1.165, 1.54) is 5.57 Å². The van der Waals surface area contributed by atoms with E-state index in [-0.39, 0.29) is 0 Å². The van der Waals surface area contributed by atoms with E-state index in [2.05, 4.69) is 39.1 Å². The average Bonchev–Trinajstić information content (AvgIpc) is 2.12. The summed E-state index contributed by atoms with van der Waals surface area (Å²) in [6.45, 7) is 11.6. The van der Waals surface area contributed by atoms with Gasteiger partial charge in [0.1, 0.15) is 0 Å². The molecule has 0 aromatic heterocycles. The Labute approximate surface area is 88.7 Å². The van der Waals surface area contributed by atoms with E-state index < -0.39 is 0 Å². The Balaban J connectivity index is 4.16. The summed E-state index contributed by atoms with van der Waals surface area (Å²) in [6, 6.07) is 0. The monoisotopic (exact) mass is 199 g/mol. The highest BCUT2D eigenvalue weighted by molar-refractivity contribution is 5.08. The van der Waals surface area contributed by atoms with Crippen molar-refractivity contribution < 1.29 is 4.74 Å². The molecule has 0 spiro atoms. The number of ether oxygens (including phenoxy) is 1. The number of hydrogen-bond acceptors (Lipinski definition) is 2. The molecule has 0 bridgehead atoms. The molecule has 0 fully saturated rings. The Morgan fingerprint density at radius 3 is 2.43 bits per heavy atom. The molecule has 84 valence electrons. The van der Waals surface area contributed by atoms with Gasteiger partial charge in [0, 0.05) is 13.7 Å². The molecule has 0 aliphatic heterocycles. The Bertz CT molecular complexity index is 164. The van der Waals surface area contributed by atoms with Gasteiger partial charge in [0.05, 0.1) is 6.61 Å². The van der Waals surface area contributed by atoms with E-state index in [4.69, 9.17) is 4.74 Å². The van der Waals surface area contributed by atoms with Gasteiger partial charge in [-0.05, 0) is 18.4 Å². The van der Waals surface area contributed by atoms with Crippen LogP contribution in [0, 0.1) is 11.8 Å². The van der Waals surface area contributed by atoms with Crippen molar-refractivity contribution in [2.45, 2.75) is 27.7 Å². The van der Waals surface area contributed by atoms with E-state index in [9.17, 15) is 0 Å². The molecule has 0 aromatic carbocycles. The van der Waals surface area contributed by atoms with Gasteiger partial charge < -0.3 is 10.1 Å². The molecular formula is C12H25NO. The standard InChI is InChI=1S/C12H25NO/c1-6-13-8-12(10(2)3)7-11(4)9-14-5/h7,10-11,13H,6,8-9H2,1-5H3. The normalized spacial score (nSPS) is 14.9. The minimum absolute atomic E-state index is 0.510. The predicted molar refractivity (Wildman–Crippen MR) is 62.5 cm³/mol. The first kappa shape index (κ1) is 13.7. The number of hydrogen-bond donors (Lipinski definition) is 1. The fraction of sp³-hybridized carbons (Fsp3) is 0.833. The fourth-order valence-electron chi connectivity index (χ4n) is 1.40. The minimum atomic E-state index is 0.510. The van der Waals surface area contributed by atoms with Crippen LogP contribution in [-0.4, -0.2) is 26.8 Å². The molecule has 0 saturated heterocycles. The molecule has 0 amide bonds. The third-order valence-corrected chi connectivity index (χ3v) is 2.25. The van der Waals surface area contributed by atoms with Gasteiger partial charge in [-0.15, -0.1) is 0 Å². The summed E-state index contributed by atoms with van der Waals surface area (Å²) >= 11 is 0. The zero-order valence-electron chi connectivity index (χ0n) is 10.3. The van der Waals surface area contributed by atoms with Crippen LogP contribution in [0.4, 0.5) is 0 Å². The summed E-state index contributed by atoms with van der Waals surface area (Å²) < 4.78 is 5.12. The Hall–Kier alpha value is -0.340. The smallest absolute Gasteiger partial charge is 0.0522 e. The second kappa shape index (κ2) is 8.01. The highest BCUT2D eigenvalue weighted by Gasteiger charge is 2.05. The van der Waals surface area contributed by atoms with Gasteiger partial charge >= 0.3 is 0 Å². The molecule has 14 heavy (non-hydrogen) atoms. The van der Waals surface area contributed by atoms with Crippen LogP contribution in [0.25, 0.3) is 0 Å². The minimum Gasteiger partial charge on any atom is -0.384 e. The van der Waals surface area contributed by atoms with Gasteiger partial charge in [-0.3, -0.25) is 0 Å². The van der Waals surface area contributed by atoms with E-state index in [1.807, 2.05) is 0 Å². The Morgan fingerprint density at radius 1 is 1.36 bits per heavy atom. The first-order valence-electron chi connectivity index (χ1n) is 5.52. The summed E-state index contributed by atoms with van der Waals surface area (Å²) in [5, 5.41) is 3.37. The molecule has 0 aliphatic carbocycles. The predicted octanol–water partition coefficient (Wildman–Crippen LogP) is 2.46. The second-order valence-electron chi connectivity index (χ2n) is 4.11. The van der Waals surface area contributed by atoms with Crippen LogP contribution in [-0.2, 0) is 4.74 Å². The van der Waals surface area contributed by atoms with Crippen molar-refractivity contribution in [3.05, 3.63) is 11.6 Å². The summed E-state index contributed by atoms with van der Waals surface area (Å²) in [6.07, 6.45) is 2.33. The lowest BCUT2D eigenvalue weighted by atomic mass is 9.98. The van der Waals surface area contributed by atoms with Crippen molar-refractivity contribution >= 4 is 0 Å². The third-order valence-electron chi connectivity index (χ3n) is 2.25. The maximum absolute atomic E-state index is 5.12. The van der Waals surface area contributed by atoms with Gasteiger partial charge in [0.25, 0.3) is 0 Å². The maximum atomic E-state index is 5.12.